The average Bonchev–Trinajstić information content (AvgIpc) is 2.76. The van der Waals surface area contributed by atoms with Crippen molar-refractivity contribution >= 4 is 5.97 Å². The third-order valence-electron chi connectivity index (χ3n) is 2.91. The van der Waals surface area contributed by atoms with E-state index in [1.807, 2.05) is 13.8 Å². The number of hydrogen-bond acceptors (Lipinski definition) is 4. The number of rotatable bonds is 5. The molecule has 6 nitrogen and oxygen atoms in total. The summed E-state index contributed by atoms with van der Waals surface area (Å²) in [5.74, 6) is -0.372. The van der Waals surface area contributed by atoms with Crippen LogP contribution in [-0.4, -0.2) is 30.8 Å². The lowest BCUT2D eigenvalue weighted by molar-refractivity contribution is -0.136. The fraction of sp³-hybridized carbons (Fsp3) is 0.385. The normalized spacial score (nSPS) is 10.6. The second-order valence-electron chi connectivity index (χ2n) is 4.11. The van der Waals surface area contributed by atoms with E-state index in [1.54, 1.807) is 23.1 Å². The molecular formula is C13H16N4O2. The van der Waals surface area contributed by atoms with Crippen molar-refractivity contribution in [3.05, 3.63) is 35.4 Å². The fourth-order valence-corrected chi connectivity index (χ4v) is 2.10. The number of carboxylic acids is 1. The van der Waals surface area contributed by atoms with E-state index in [0.717, 1.165) is 17.0 Å². The van der Waals surface area contributed by atoms with Crippen molar-refractivity contribution in [2.45, 2.75) is 33.1 Å². The van der Waals surface area contributed by atoms with Crippen LogP contribution in [0.2, 0.25) is 0 Å². The molecule has 0 radical (unpaired) electrons. The average molecular weight is 260 g/mol. The van der Waals surface area contributed by atoms with Crippen molar-refractivity contribution in [2.24, 2.45) is 0 Å². The van der Waals surface area contributed by atoms with E-state index in [4.69, 9.17) is 5.11 Å². The van der Waals surface area contributed by atoms with Crippen molar-refractivity contribution in [3.63, 3.8) is 0 Å². The molecule has 2 aromatic heterocycles. The Kier molecular flexibility index (Phi) is 3.89. The number of hydrogen-bond donors (Lipinski definition) is 1. The Morgan fingerprint density at radius 3 is 2.47 bits per heavy atom. The topological polar surface area (TPSA) is 80.9 Å². The highest BCUT2D eigenvalue weighted by Crippen LogP contribution is 2.19. The first-order valence-corrected chi connectivity index (χ1v) is 6.26. The lowest BCUT2D eigenvalue weighted by atomic mass is 10.1. The van der Waals surface area contributed by atoms with Crippen LogP contribution in [0.25, 0.3) is 5.95 Å². The molecule has 0 atom stereocenters. The molecule has 0 unspecified atom stereocenters. The van der Waals surface area contributed by atoms with Gasteiger partial charge >= 0.3 is 5.97 Å². The van der Waals surface area contributed by atoms with Crippen LogP contribution in [0.1, 0.15) is 30.8 Å². The van der Waals surface area contributed by atoms with Crippen LogP contribution in [-0.2, 0) is 24.1 Å². The molecule has 0 aliphatic heterocycles. The van der Waals surface area contributed by atoms with Gasteiger partial charge in [-0.1, -0.05) is 13.8 Å². The van der Waals surface area contributed by atoms with E-state index < -0.39 is 5.97 Å². The molecule has 100 valence electrons. The van der Waals surface area contributed by atoms with Gasteiger partial charge in [-0.05, 0) is 18.9 Å². The van der Waals surface area contributed by atoms with Crippen LogP contribution in [0.5, 0.6) is 0 Å². The lowest BCUT2D eigenvalue weighted by Crippen LogP contribution is -2.08. The minimum absolute atomic E-state index is 0.0147. The maximum absolute atomic E-state index is 11.0. The monoisotopic (exact) mass is 260 g/mol. The molecule has 0 spiro atoms. The summed E-state index contributed by atoms with van der Waals surface area (Å²) < 4.78 is 1.65. The summed E-state index contributed by atoms with van der Waals surface area (Å²) in [7, 11) is 0. The lowest BCUT2D eigenvalue weighted by Gasteiger charge is -2.04. The summed E-state index contributed by atoms with van der Waals surface area (Å²) in [6.45, 7) is 3.94. The van der Waals surface area contributed by atoms with Gasteiger partial charge in [-0.25, -0.2) is 14.6 Å². The van der Waals surface area contributed by atoms with E-state index in [-0.39, 0.29) is 6.42 Å². The second kappa shape index (κ2) is 5.60. The van der Waals surface area contributed by atoms with Crippen LogP contribution in [0.15, 0.2) is 18.5 Å². The molecule has 1 N–H and O–H groups in total. The molecule has 2 heterocycles. The third-order valence-corrected chi connectivity index (χ3v) is 2.91. The number of nitrogens with zero attached hydrogens (tertiary/aromatic N) is 4. The zero-order valence-corrected chi connectivity index (χ0v) is 11.0. The Hall–Kier alpha value is -2.24. The highest BCUT2D eigenvalue weighted by atomic mass is 16.4. The van der Waals surface area contributed by atoms with Crippen LogP contribution in [0, 0.1) is 0 Å². The summed E-state index contributed by atoms with van der Waals surface area (Å²) in [5.41, 5.74) is 2.45. The van der Waals surface area contributed by atoms with Gasteiger partial charge < -0.3 is 5.11 Å². The molecule has 0 saturated carbocycles. The summed E-state index contributed by atoms with van der Waals surface area (Å²) >= 11 is 0. The zero-order valence-electron chi connectivity index (χ0n) is 11.0. The van der Waals surface area contributed by atoms with E-state index in [1.165, 1.54) is 0 Å². The molecule has 0 aliphatic rings. The number of aromatic nitrogens is 4. The van der Waals surface area contributed by atoms with Gasteiger partial charge in [0.25, 0.3) is 5.95 Å². The van der Waals surface area contributed by atoms with Crippen molar-refractivity contribution in [2.75, 3.05) is 0 Å². The first kappa shape index (κ1) is 13.2. The minimum Gasteiger partial charge on any atom is -0.481 e. The molecule has 0 aromatic carbocycles. The molecule has 2 rings (SSSR count). The number of aliphatic carboxylic acids is 1. The van der Waals surface area contributed by atoms with Crippen LogP contribution in [0.4, 0.5) is 0 Å². The van der Waals surface area contributed by atoms with Gasteiger partial charge in [0.05, 0.1) is 17.8 Å². The van der Waals surface area contributed by atoms with Crippen LogP contribution in [0.3, 0.4) is 0 Å². The highest BCUT2D eigenvalue weighted by Gasteiger charge is 2.19. The smallest absolute Gasteiger partial charge is 0.307 e. The first-order valence-electron chi connectivity index (χ1n) is 6.26. The van der Waals surface area contributed by atoms with E-state index in [0.29, 0.717) is 18.8 Å². The fourth-order valence-electron chi connectivity index (χ4n) is 2.10. The molecular weight excluding hydrogens is 244 g/mol. The SMILES string of the molecule is CCc1nn(-c2ncccn2)c(CC)c1CC(=O)O. The standard InChI is InChI=1S/C13H16N4O2/c1-3-10-9(8-12(18)19)11(4-2)17(16-10)13-14-6-5-7-15-13/h5-7H,3-4,8H2,1-2H3,(H,18,19). The molecule has 19 heavy (non-hydrogen) atoms. The Balaban J connectivity index is 2.56. The zero-order chi connectivity index (χ0) is 13.8. The first-order chi connectivity index (χ1) is 9.17. The number of aryl methyl sites for hydroxylation is 1. The number of carbonyl (C=O) groups is 1. The third kappa shape index (κ3) is 2.62. The summed E-state index contributed by atoms with van der Waals surface area (Å²) in [6.07, 6.45) is 4.65. The molecule has 0 saturated heterocycles. The summed E-state index contributed by atoms with van der Waals surface area (Å²) in [6, 6.07) is 1.73. The van der Waals surface area contributed by atoms with Gasteiger partial charge in [-0.3, -0.25) is 4.79 Å². The molecule has 2 aromatic rings. The van der Waals surface area contributed by atoms with Gasteiger partial charge in [-0.15, -0.1) is 0 Å². The van der Waals surface area contributed by atoms with Gasteiger partial charge in [-0.2, -0.15) is 5.10 Å². The second-order valence-corrected chi connectivity index (χ2v) is 4.11. The Morgan fingerprint density at radius 2 is 1.95 bits per heavy atom. The predicted molar refractivity (Wildman–Crippen MR) is 69.2 cm³/mol. The molecule has 6 heteroatoms. The Labute approximate surface area is 111 Å². The quantitative estimate of drug-likeness (QED) is 0.879. The summed E-state index contributed by atoms with van der Waals surface area (Å²) in [4.78, 5) is 19.3. The minimum atomic E-state index is -0.849. The largest absolute Gasteiger partial charge is 0.481 e. The number of carboxylic acid groups (broad SMARTS) is 1. The molecule has 0 fully saturated rings. The van der Waals surface area contributed by atoms with Crippen LogP contribution < -0.4 is 0 Å². The van der Waals surface area contributed by atoms with E-state index >= 15 is 0 Å². The van der Waals surface area contributed by atoms with E-state index in [2.05, 4.69) is 15.1 Å². The molecule has 0 bridgehead atoms. The van der Waals surface area contributed by atoms with Crippen molar-refractivity contribution in [1.82, 2.24) is 19.7 Å². The van der Waals surface area contributed by atoms with Gasteiger partial charge in [0.15, 0.2) is 0 Å². The van der Waals surface area contributed by atoms with Crippen LogP contribution >= 0.6 is 0 Å². The Bertz CT molecular complexity index is 578. The van der Waals surface area contributed by atoms with Crippen molar-refractivity contribution in [1.29, 1.82) is 0 Å². The van der Waals surface area contributed by atoms with Gasteiger partial charge in [0.1, 0.15) is 0 Å². The van der Waals surface area contributed by atoms with Crippen molar-refractivity contribution < 1.29 is 9.90 Å². The predicted octanol–water partition coefficient (Wildman–Crippen LogP) is 1.41. The van der Waals surface area contributed by atoms with Crippen molar-refractivity contribution in [3.8, 4) is 5.95 Å². The highest BCUT2D eigenvalue weighted by molar-refractivity contribution is 5.71. The molecule has 0 aliphatic carbocycles. The maximum atomic E-state index is 11.0. The van der Waals surface area contributed by atoms with E-state index in [9.17, 15) is 4.79 Å². The molecule has 0 amide bonds. The summed E-state index contributed by atoms with van der Waals surface area (Å²) in [5, 5.41) is 13.5. The van der Waals surface area contributed by atoms with Gasteiger partial charge in [0, 0.05) is 18.0 Å². The van der Waals surface area contributed by atoms with Gasteiger partial charge in [0.2, 0.25) is 0 Å². The Morgan fingerprint density at radius 1 is 1.26 bits per heavy atom. The maximum Gasteiger partial charge on any atom is 0.307 e.